The Morgan fingerprint density at radius 1 is 1.33 bits per heavy atom. The predicted octanol–water partition coefficient (Wildman–Crippen LogP) is 3.56. The first kappa shape index (κ1) is 22.9. The van der Waals surface area contributed by atoms with E-state index < -0.39 is 25.4 Å². The van der Waals surface area contributed by atoms with Gasteiger partial charge in [-0.05, 0) is 42.5 Å². The smallest absolute Gasteiger partial charge is 0.345 e. The van der Waals surface area contributed by atoms with Gasteiger partial charge in [0, 0.05) is 17.8 Å². The fourth-order valence-corrected chi connectivity index (χ4v) is 6.88. The van der Waals surface area contributed by atoms with Crippen LogP contribution in [0.5, 0.6) is 0 Å². The molecule has 1 aromatic carbocycles. The zero-order valence-electron chi connectivity index (χ0n) is 17.1. The molecule has 0 amide bonds. The SMILES string of the molecule is CCCOC(=O)[C@H](C)NP(=O)(Cc1ccc2sc(C(=O)O)cc2c1)N1CCOCC1. The van der Waals surface area contributed by atoms with Crippen LogP contribution in [0.15, 0.2) is 24.3 Å². The zero-order valence-corrected chi connectivity index (χ0v) is 18.8. The molecular formula is C20H27N2O6PS. The van der Waals surface area contributed by atoms with Crippen molar-refractivity contribution in [3.8, 4) is 0 Å². The molecule has 1 aliphatic rings. The molecule has 1 aliphatic heterocycles. The Morgan fingerprint density at radius 2 is 2.07 bits per heavy atom. The van der Waals surface area contributed by atoms with Crippen molar-refractivity contribution in [2.75, 3.05) is 32.9 Å². The molecule has 0 aliphatic carbocycles. The lowest BCUT2D eigenvalue weighted by Gasteiger charge is -2.36. The molecule has 30 heavy (non-hydrogen) atoms. The highest BCUT2D eigenvalue weighted by atomic mass is 32.1. The van der Waals surface area contributed by atoms with E-state index in [0.29, 0.717) is 32.9 Å². The number of carbonyl (C=O) groups is 2. The van der Waals surface area contributed by atoms with E-state index >= 15 is 0 Å². The Hall–Kier alpha value is -1.77. The van der Waals surface area contributed by atoms with Gasteiger partial charge in [-0.15, -0.1) is 11.3 Å². The number of carbonyl (C=O) groups excluding carboxylic acids is 1. The van der Waals surface area contributed by atoms with Crippen molar-refractivity contribution in [1.29, 1.82) is 0 Å². The number of fused-ring (bicyclic) bond motifs is 1. The molecule has 3 rings (SSSR count). The minimum absolute atomic E-state index is 0.215. The summed E-state index contributed by atoms with van der Waals surface area (Å²) in [6.45, 7) is 5.87. The number of thiophene rings is 1. The monoisotopic (exact) mass is 454 g/mol. The van der Waals surface area contributed by atoms with Gasteiger partial charge in [-0.2, -0.15) is 0 Å². The topological polar surface area (TPSA) is 105 Å². The van der Waals surface area contributed by atoms with Gasteiger partial charge in [0.05, 0.1) is 26.0 Å². The van der Waals surface area contributed by atoms with Crippen LogP contribution in [0.2, 0.25) is 0 Å². The van der Waals surface area contributed by atoms with Crippen molar-refractivity contribution >= 4 is 40.8 Å². The third-order valence-electron chi connectivity index (χ3n) is 4.83. The molecular weight excluding hydrogens is 427 g/mol. The maximum absolute atomic E-state index is 14.0. The molecule has 10 heteroatoms. The van der Waals surface area contributed by atoms with Gasteiger partial charge in [-0.25, -0.2) is 14.6 Å². The molecule has 8 nitrogen and oxygen atoms in total. The van der Waals surface area contributed by atoms with E-state index in [1.54, 1.807) is 13.0 Å². The summed E-state index contributed by atoms with van der Waals surface area (Å²) in [5, 5.41) is 13.1. The maximum Gasteiger partial charge on any atom is 0.345 e. The van der Waals surface area contributed by atoms with Crippen molar-refractivity contribution in [3.63, 3.8) is 0 Å². The Morgan fingerprint density at radius 3 is 2.73 bits per heavy atom. The summed E-state index contributed by atoms with van der Waals surface area (Å²) in [5.74, 6) is -1.39. The molecule has 2 aromatic rings. The van der Waals surface area contributed by atoms with Gasteiger partial charge in [0.15, 0.2) is 0 Å². The van der Waals surface area contributed by atoms with Gasteiger partial charge in [0.25, 0.3) is 0 Å². The third-order valence-corrected chi connectivity index (χ3v) is 8.83. The minimum Gasteiger partial charge on any atom is -0.477 e. The summed E-state index contributed by atoms with van der Waals surface area (Å²) in [6, 6.07) is 6.49. The van der Waals surface area contributed by atoms with E-state index in [0.717, 1.165) is 22.1 Å². The number of carboxylic acid groups (broad SMARTS) is 1. The molecule has 1 saturated heterocycles. The van der Waals surface area contributed by atoms with Crippen molar-refractivity contribution in [3.05, 3.63) is 34.7 Å². The second-order valence-electron chi connectivity index (χ2n) is 7.23. The van der Waals surface area contributed by atoms with E-state index in [-0.39, 0.29) is 11.0 Å². The molecule has 1 aromatic heterocycles. The van der Waals surface area contributed by atoms with E-state index in [4.69, 9.17) is 9.47 Å². The van der Waals surface area contributed by atoms with Crippen LogP contribution >= 0.6 is 18.8 Å². The lowest BCUT2D eigenvalue weighted by molar-refractivity contribution is -0.145. The van der Waals surface area contributed by atoms with Crippen molar-refractivity contribution < 1.29 is 28.7 Å². The zero-order chi connectivity index (χ0) is 21.7. The largest absolute Gasteiger partial charge is 0.477 e. The first-order valence-corrected chi connectivity index (χ1v) is 12.6. The highest BCUT2D eigenvalue weighted by Crippen LogP contribution is 2.50. The number of nitrogens with one attached hydrogen (secondary N) is 1. The minimum atomic E-state index is -3.16. The van der Waals surface area contributed by atoms with Crippen LogP contribution in [0.3, 0.4) is 0 Å². The number of aromatic carboxylic acids is 1. The second-order valence-corrected chi connectivity index (χ2v) is 10.9. The van der Waals surface area contributed by atoms with Crippen LogP contribution in [0, 0.1) is 0 Å². The summed E-state index contributed by atoms with van der Waals surface area (Å²) in [5.41, 5.74) is 0.814. The van der Waals surface area contributed by atoms with Crippen molar-refractivity contribution in [2.24, 2.45) is 0 Å². The normalized spacial score (nSPS) is 18.1. The molecule has 0 saturated carbocycles. The average Bonchev–Trinajstić information content (AvgIpc) is 3.16. The van der Waals surface area contributed by atoms with E-state index in [1.165, 1.54) is 11.3 Å². The number of benzene rings is 1. The van der Waals surface area contributed by atoms with Gasteiger partial charge >= 0.3 is 11.9 Å². The maximum atomic E-state index is 14.0. The second kappa shape index (κ2) is 10.0. The number of nitrogens with zero attached hydrogens (tertiary/aromatic N) is 1. The first-order valence-electron chi connectivity index (χ1n) is 9.95. The molecule has 2 heterocycles. The Balaban J connectivity index is 1.84. The van der Waals surface area contributed by atoms with Crippen LogP contribution in [0.4, 0.5) is 0 Å². The fourth-order valence-electron chi connectivity index (χ4n) is 3.33. The predicted molar refractivity (Wildman–Crippen MR) is 116 cm³/mol. The van der Waals surface area contributed by atoms with Crippen LogP contribution in [-0.2, 0) is 25.0 Å². The first-order chi connectivity index (χ1) is 14.3. The van der Waals surface area contributed by atoms with Crippen LogP contribution < -0.4 is 5.09 Å². The Kier molecular flexibility index (Phi) is 7.65. The number of carboxylic acids is 1. The van der Waals surface area contributed by atoms with Crippen molar-refractivity contribution in [1.82, 2.24) is 9.76 Å². The number of hydrogen-bond acceptors (Lipinski definition) is 6. The number of esters is 1. The lowest BCUT2D eigenvalue weighted by atomic mass is 10.2. The standard InChI is InChI=1S/C20H27N2O6PS/c1-3-8-28-20(25)14(2)21-29(26,22-6-9-27-10-7-22)13-15-4-5-17-16(11-15)12-18(30-17)19(23)24/h4-5,11-12,14H,3,6-10,13H2,1-2H3,(H,21,26)(H,23,24)/t14-,29?/m0/s1. The summed E-state index contributed by atoms with van der Waals surface area (Å²) < 4.78 is 27.4. The van der Waals surface area contributed by atoms with Crippen LogP contribution in [-0.4, -0.2) is 60.7 Å². The molecule has 2 N–H and O–H groups in total. The Bertz CT molecular complexity index is 956. The fraction of sp³-hybridized carbons (Fsp3) is 0.500. The van der Waals surface area contributed by atoms with E-state index in [9.17, 15) is 19.3 Å². The number of morpholine rings is 1. The molecule has 1 unspecified atom stereocenters. The van der Waals surface area contributed by atoms with Gasteiger partial charge in [-0.3, -0.25) is 9.36 Å². The molecule has 1 fully saturated rings. The molecule has 0 spiro atoms. The van der Waals surface area contributed by atoms with Gasteiger partial charge in [0.2, 0.25) is 7.44 Å². The average molecular weight is 454 g/mol. The highest BCUT2D eigenvalue weighted by Gasteiger charge is 2.35. The van der Waals surface area contributed by atoms with E-state index in [1.807, 2.05) is 29.8 Å². The summed E-state index contributed by atoms with van der Waals surface area (Å²) in [7, 11) is -3.16. The summed E-state index contributed by atoms with van der Waals surface area (Å²) in [4.78, 5) is 23.8. The summed E-state index contributed by atoms with van der Waals surface area (Å²) in [6.07, 6.45) is 0.936. The molecule has 2 atom stereocenters. The van der Waals surface area contributed by atoms with Crippen LogP contribution in [0.25, 0.3) is 10.1 Å². The number of hydrogen-bond donors (Lipinski definition) is 2. The van der Waals surface area contributed by atoms with Crippen molar-refractivity contribution in [2.45, 2.75) is 32.5 Å². The number of rotatable bonds is 9. The number of ether oxygens (including phenoxy) is 2. The van der Waals surface area contributed by atoms with Gasteiger partial charge in [0.1, 0.15) is 10.9 Å². The summed E-state index contributed by atoms with van der Waals surface area (Å²) >= 11 is 1.21. The van der Waals surface area contributed by atoms with Gasteiger partial charge < -0.3 is 14.6 Å². The lowest BCUT2D eigenvalue weighted by Crippen LogP contribution is -2.42. The van der Waals surface area contributed by atoms with E-state index in [2.05, 4.69) is 5.09 Å². The van der Waals surface area contributed by atoms with Crippen LogP contribution in [0.1, 0.15) is 35.5 Å². The third kappa shape index (κ3) is 5.47. The highest BCUT2D eigenvalue weighted by molar-refractivity contribution is 7.58. The quantitative estimate of drug-likeness (QED) is 0.438. The molecule has 164 valence electrons. The molecule has 0 bridgehead atoms. The Labute approximate surface area is 179 Å². The van der Waals surface area contributed by atoms with Gasteiger partial charge in [-0.1, -0.05) is 13.0 Å². The molecule has 0 radical (unpaired) electrons.